The number of rotatable bonds is 9. The zero-order valence-corrected chi connectivity index (χ0v) is 17.8. The van der Waals surface area contributed by atoms with E-state index < -0.39 is 26.2 Å². The maximum Gasteiger partial charge on any atom is 0.203 e. The number of hydrogen-bond donors (Lipinski definition) is 2. The number of hydrogen-bond acceptors (Lipinski definition) is 4. The molecule has 0 saturated carbocycles. The number of nitrogens with one attached hydrogen (secondary N) is 1. The second-order valence-corrected chi connectivity index (χ2v) is 19.0. The fourth-order valence-corrected chi connectivity index (χ4v) is 17.7. The highest BCUT2D eigenvalue weighted by molar-refractivity contribution is 7.21. The van der Waals surface area contributed by atoms with Crippen LogP contribution in [0.25, 0.3) is 0 Å². The van der Waals surface area contributed by atoms with Gasteiger partial charge in [0.2, 0.25) is 7.83 Å². The maximum atomic E-state index is 6.07. The summed E-state index contributed by atoms with van der Waals surface area (Å²) in [5, 5.41) is 3.59. The fourth-order valence-electron chi connectivity index (χ4n) is 2.00. The van der Waals surface area contributed by atoms with E-state index in [1.165, 1.54) is 0 Å². The summed E-state index contributed by atoms with van der Waals surface area (Å²) in [7, 11) is -2.28. The molecule has 0 aromatic rings. The first-order valence-electron chi connectivity index (χ1n) is 6.47. The van der Waals surface area contributed by atoms with E-state index in [1.807, 2.05) is 0 Å². The highest BCUT2D eigenvalue weighted by Gasteiger charge is 2.39. The lowest BCUT2D eigenvalue weighted by atomic mass is 10.2. The van der Waals surface area contributed by atoms with Crippen molar-refractivity contribution < 1.29 is 8.23 Å². The van der Waals surface area contributed by atoms with Crippen LogP contribution >= 0.6 is 0 Å². The topological polar surface area (TPSA) is 56.5 Å². The zero-order valence-electron chi connectivity index (χ0n) is 12.2. The van der Waals surface area contributed by atoms with E-state index in [-0.39, 0.29) is 0 Å². The first-order valence-corrected chi connectivity index (χ1v) is 15.5. The minimum absolute atomic E-state index is 0.489. The summed E-state index contributed by atoms with van der Waals surface area (Å²) in [4.78, 5) is 0. The molecule has 2 unspecified atom stereocenters. The molecule has 0 aliphatic carbocycles. The van der Waals surface area contributed by atoms with Gasteiger partial charge in [-0.1, -0.05) is 13.8 Å². The largest absolute Gasteiger partial charge is 0.463 e. The van der Waals surface area contributed by atoms with E-state index in [9.17, 15) is 0 Å². The van der Waals surface area contributed by atoms with Gasteiger partial charge in [-0.2, -0.15) is 0 Å². The van der Waals surface area contributed by atoms with E-state index in [1.54, 1.807) is 0 Å². The van der Waals surface area contributed by atoms with Crippen LogP contribution in [0.3, 0.4) is 0 Å². The van der Waals surface area contributed by atoms with Crippen molar-refractivity contribution in [2.45, 2.75) is 39.2 Å². The minimum Gasteiger partial charge on any atom is -0.463 e. The third-order valence-corrected chi connectivity index (χ3v) is 20.0. The van der Waals surface area contributed by atoms with Gasteiger partial charge in [0.25, 0.3) is 0 Å². The van der Waals surface area contributed by atoms with Crippen molar-refractivity contribution in [3.8, 4) is 0 Å². The summed E-state index contributed by atoms with van der Waals surface area (Å²) >= 11 is 0. The normalized spacial score (nSPS) is 18.4. The predicted octanol–water partition coefficient (Wildman–Crippen LogP) is -1.45. The summed E-state index contributed by atoms with van der Waals surface area (Å²) in [6, 6.07) is 0. The van der Waals surface area contributed by atoms with Crippen molar-refractivity contribution in [1.82, 2.24) is 5.32 Å². The third kappa shape index (κ3) is 6.43. The van der Waals surface area contributed by atoms with Gasteiger partial charge in [0.05, 0.1) is 0 Å². The van der Waals surface area contributed by atoms with Crippen LogP contribution in [0.1, 0.15) is 13.8 Å². The summed E-state index contributed by atoms with van der Waals surface area (Å²) in [5.74, 6) is 0.595. The van der Waals surface area contributed by atoms with Gasteiger partial charge in [-0.3, -0.25) is 0 Å². The standard InChI is InChI=1S/C9H30N2O2Si4/c1-8(2)9(11-7-6-10)17(5,12-14)15-13-16(3)4/h8-9,11,16H,6-7,10,15H2,1-5,14H3. The van der Waals surface area contributed by atoms with Crippen molar-refractivity contribution in [3.05, 3.63) is 0 Å². The Morgan fingerprint density at radius 2 is 2.06 bits per heavy atom. The smallest absolute Gasteiger partial charge is 0.203 e. The zero-order chi connectivity index (χ0) is 13.5. The molecule has 0 heterocycles. The first kappa shape index (κ1) is 17.7. The summed E-state index contributed by atoms with van der Waals surface area (Å²) in [5.41, 5.74) is 6.08. The Bertz CT molecular complexity index is 209. The highest BCUT2D eigenvalue weighted by atomic mass is 29.2. The molecule has 3 N–H and O–H groups in total. The van der Waals surface area contributed by atoms with Gasteiger partial charge in [-0.15, -0.1) is 0 Å². The van der Waals surface area contributed by atoms with Gasteiger partial charge >= 0.3 is 0 Å². The molecule has 0 fully saturated rings. The van der Waals surface area contributed by atoms with Gasteiger partial charge in [0.1, 0.15) is 10.5 Å². The van der Waals surface area contributed by atoms with Crippen LogP contribution < -0.4 is 11.1 Å². The molecule has 2 atom stereocenters. The Morgan fingerprint density at radius 3 is 2.41 bits per heavy atom. The second kappa shape index (κ2) is 8.75. The maximum absolute atomic E-state index is 6.07. The summed E-state index contributed by atoms with van der Waals surface area (Å²) in [6.07, 6.45) is 0. The lowest BCUT2D eigenvalue weighted by Gasteiger charge is -2.38. The molecule has 104 valence electrons. The molecule has 0 aliphatic heterocycles. The van der Waals surface area contributed by atoms with E-state index in [4.69, 9.17) is 14.0 Å². The Labute approximate surface area is 114 Å². The minimum atomic E-state index is -1.67. The molecule has 0 aromatic heterocycles. The number of nitrogens with two attached hydrogens (primary N) is 1. The quantitative estimate of drug-likeness (QED) is 0.512. The van der Waals surface area contributed by atoms with E-state index >= 15 is 0 Å². The van der Waals surface area contributed by atoms with E-state index in [0.29, 0.717) is 18.1 Å². The van der Waals surface area contributed by atoms with Crippen LogP contribution in [-0.4, -0.2) is 55.4 Å². The molecule has 0 amide bonds. The Kier molecular flexibility index (Phi) is 9.11. The van der Waals surface area contributed by atoms with Crippen LogP contribution in [0.5, 0.6) is 0 Å². The van der Waals surface area contributed by atoms with Crippen molar-refractivity contribution in [2.24, 2.45) is 11.7 Å². The molecule has 8 heteroatoms. The summed E-state index contributed by atoms with van der Waals surface area (Å²) < 4.78 is 12.1. The summed E-state index contributed by atoms with van der Waals surface area (Å²) in [6.45, 7) is 12.9. The third-order valence-electron chi connectivity index (χ3n) is 3.00. The molecule has 17 heavy (non-hydrogen) atoms. The molecular formula is C9H30N2O2Si4. The van der Waals surface area contributed by atoms with E-state index in [2.05, 4.69) is 38.8 Å². The van der Waals surface area contributed by atoms with Crippen molar-refractivity contribution in [2.75, 3.05) is 13.1 Å². The molecule has 0 aromatic carbocycles. The van der Waals surface area contributed by atoms with Crippen LogP contribution in [-0.2, 0) is 8.23 Å². The highest BCUT2D eigenvalue weighted by Crippen LogP contribution is 2.16. The Balaban J connectivity index is 4.60. The lowest BCUT2D eigenvalue weighted by Crippen LogP contribution is -2.63. The Hall–Kier alpha value is 0.708. The van der Waals surface area contributed by atoms with Crippen LogP contribution in [0, 0.1) is 5.92 Å². The molecule has 0 bridgehead atoms. The molecule has 0 aliphatic rings. The van der Waals surface area contributed by atoms with Crippen molar-refractivity contribution in [1.29, 1.82) is 0 Å². The van der Waals surface area contributed by atoms with E-state index in [0.717, 1.165) is 17.0 Å². The second-order valence-electron chi connectivity index (χ2n) is 5.34. The monoisotopic (exact) mass is 310 g/mol. The average Bonchev–Trinajstić information content (AvgIpc) is 2.26. The van der Waals surface area contributed by atoms with Gasteiger partial charge in [-0.05, 0) is 25.6 Å². The predicted molar refractivity (Wildman–Crippen MR) is 86.8 cm³/mol. The fraction of sp³-hybridized carbons (Fsp3) is 1.00. The van der Waals surface area contributed by atoms with Gasteiger partial charge in [-0.25, -0.2) is 0 Å². The molecular weight excluding hydrogens is 280 g/mol. The SMILES string of the molecule is CC(C)C(NCCN)[Si](C)(O[SiH3])[SiH2]O[SiH](C)C. The van der Waals surface area contributed by atoms with Gasteiger partial charge in [0, 0.05) is 18.8 Å². The lowest BCUT2D eigenvalue weighted by molar-refractivity contribution is 0.446. The van der Waals surface area contributed by atoms with Crippen LogP contribution in [0.15, 0.2) is 0 Å². The van der Waals surface area contributed by atoms with Crippen LogP contribution in [0.2, 0.25) is 19.6 Å². The molecule has 0 spiro atoms. The molecule has 0 radical (unpaired) electrons. The molecule has 0 rings (SSSR count). The van der Waals surface area contributed by atoms with Gasteiger partial charge < -0.3 is 19.3 Å². The molecule has 0 saturated heterocycles. The van der Waals surface area contributed by atoms with Crippen LogP contribution in [0.4, 0.5) is 0 Å². The Morgan fingerprint density at radius 1 is 1.47 bits per heavy atom. The molecule has 4 nitrogen and oxygen atoms in total. The average molecular weight is 311 g/mol. The van der Waals surface area contributed by atoms with Crippen molar-refractivity contribution >= 4 is 36.6 Å². The van der Waals surface area contributed by atoms with Crippen molar-refractivity contribution in [3.63, 3.8) is 0 Å². The van der Waals surface area contributed by atoms with Gasteiger partial charge in [0.15, 0.2) is 18.3 Å². The first-order chi connectivity index (χ1) is 7.87.